The molecule has 1 aromatic carbocycles. The Morgan fingerprint density at radius 2 is 1.67 bits per heavy atom. The summed E-state index contributed by atoms with van der Waals surface area (Å²) in [6, 6.07) is 6.15. The van der Waals surface area contributed by atoms with E-state index in [-0.39, 0.29) is 52.0 Å². The number of hydrogen-bond acceptors (Lipinski definition) is 11. The summed E-state index contributed by atoms with van der Waals surface area (Å²) in [6.45, 7) is 9.34. The Morgan fingerprint density at radius 1 is 0.981 bits per heavy atom. The Balaban J connectivity index is 1.69. The van der Waals surface area contributed by atoms with Crippen molar-refractivity contribution in [1.29, 1.82) is 0 Å². The Hall–Kier alpha value is -3.78. The summed E-state index contributed by atoms with van der Waals surface area (Å²) in [7, 11) is 0. The lowest BCUT2D eigenvalue weighted by Crippen LogP contribution is -2.44. The van der Waals surface area contributed by atoms with Crippen LogP contribution in [0.2, 0.25) is 0 Å². The number of amides is 2. The van der Waals surface area contributed by atoms with Gasteiger partial charge in [0.05, 0.1) is 31.1 Å². The lowest BCUT2D eigenvalue weighted by atomic mass is 9.91. The van der Waals surface area contributed by atoms with E-state index >= 15 is 0 Å². The molecule has 2 amide bonds. The average Bonchev–Trinajstić information content (AvgIpc) is 3.50. The fraction of sp³-hybridized carbons (Fsp3) is 0.659. The number of carbonyl (C=O) groups is 4. The Kier molecular flexibility index (Phi) is 18.6. The Labute approximate surface area is 320 Å². The van der Waals surface area contributed by atoms with E-state index < -0.39 is 59.5 Å². The summed E-state index contributed by atoms with van der Waals surface area (Å²) in [5.74, 6) is -2.64. The van der Waals surface area contributed by atoms with E-state index in [0.29, 0.717) is 24.0 Å². The minimum atomic E-state index is -0.857. The van der Waals surface area contributed by atoms with Crippen molar-refractivity contribution in [2.24, 2.45) is 0 Å². The minimum Gasteiger partial charge on any atom is -0.499 e. The second-order valence-electron chi connectivity index (χ2n) is 14.9. The van der Waals surface area contributed by atoms with Gasteiger partial charge in [-0.15, -0.1) is 0 Å². The second kappa shape index (κ2) is 22.6. The highest BCUT2D eigenvalue weighted by atomic mass is 16.8. The van der Waals surface area contributed by atoms with Crippen molar-refractivity contribution in [1.82, 2.24) is 10.6 Å². The third-order valence-electron chi connectivity index (χ3n) is 9.10. The Morgan fingerprint density at radius 3 is 2.28 bits per heavy atom. The van der Waals surface area contributed by atoms with Crippen molar-refractivity contribution in [3.8, 4) is 0 Å². The number of fused-ring (bicyclic) bond motifs is 1. The molecule has 1 aliphatic carbocycles. The molecule has 54 heavy (non-hydrogen) atoms. The predicted molar refractivity (Wildman–Crippen MR) is 203 cm³/mol. The van der Waals surface area contributed by atoms with E-state index in [0.717, 1.165) is 44.1 Å². The van der Waals surface area contributed by atoms with Gasteiger partial charge in [-0.25, -0.2) is 4.79 Å². The van der Waals surface area contributed by atoms with Crippen molar-refractivity contribution in [3.63, 3.8) is 0 Å². The molecule has 1 saturated heterocycles. The molecular formula is C41H62N2O11. The van der Waals surface area contributed by atoms with Crippen LogP contribution in [0.25, 0.3) is 6.08 Å². The highest BCUT2D eigenvalue weighted by molar-refractivity contribution is 5.94. The number of carbonyl (C=O) groups excluding carboxylic acids is 4. The molecule has 2 aliphatic rings. The standard InChI is InChI=1S/C41H62N2O11/c1-6-8-10-20-41(21-11-9-7-2)52-34-27-31(38(48)42-22-18-35(46)43-32(28-45)16-17-36(47)53-40(3,4)5)26-33(37(34)54-41)51-39(49)30-14-12-29(13-15-30)19-24-50-25-23-44/h12-15,19,24,27,32-34,37,44-45H,6-11,16-18,20-23,25-26,28H2,1-5H3,(H,42,48)(H,43,46)/t32-,33+,34+,37-/m0/s1. The summed E-state index contributed by atoms with van der Waals surface area (Å²) in [4.78, 5) is 51.7. The van der Waals surface area contributed by atoms with Crippen LogP contribution in [-0.4, -0.2) is 96.1 Å². The summed E-state index contributed by atoms with van der Waals surface area (Å²) in [5.41, 5.74) is 0.858. The van der Waals surface area contributed by atoms with E-state index in [2.05, 4.69) is 24.5 Å². The molecule has 1 aliphatic heterocycles. The molecule has 13 heteroatoms. The summed E-state index contributed by atoms with van der Waals surface area (Å²) in [6.07, 6.45) is 10.5. The van der Waals surface area contributed by atoms with Crippen LogP contribution in [-0.2, 0) is 38.1 Å². The summed E-state index contributed by atoms with van der Waals surface area (Å²) in [5, 5.41) is 24.1. The van der Waals surface area contributed by atoms with Crippen LogP contribution in [0.1, 0.15) is 128 Å². The van der Waals surface area contributed by atoms with Gasteiger partial charge in [-0.3, -0.25) is 14.4 Å². The van der Waals surface area contributed by atoms with Crippen LogP contribution >= 0.6 is 0 Å². The number of rotatable bonds is 23. The molecule has 13 nitrogen and oxygen atoms in total. The molecule has 4 atom stereocenters. The number of ether oxygens (including phenoxy) is 5. The molecule has 302 valence electrons. The highest BCUT2D eigenvalue weighted by Crippen LogP contribution is 2.43. The zero-order valence-corrected chi connectivity index (χ0v) is 32.7. The van der Waals surface area contributed by atoms with E-state index in [1.54, 1.807) is 57.2 Å². The molecule has 0 radical (unpaired) electrons. The first-order valence-electron chi connectivity index (χ1n) is 19.5. The van der Waals surface area contributed by atoms with Gasteiger partial charge >= 0.3 is 11.9 Å². The van der Waals surface area contributed by atoms with Gasteiger partial charge in [-0.05, 0) is 69.9 Å². The topological polar surface area (TPSA) is 179 Å². The average molecular weight is 759 g/mol. The third kappa shape index (κ3) is 15.2. The lowest BCUT2D eigenvalue weighted by Gasteiger charge is -2.31. The van der Waals surface area contributed by atoms with Crippen LogP contribution in [0.4, 0.5) is 0 Å². The molecule has 0 bridgehead atoms. The first kappa shape index (κ1) is 44.6. The van der Waals surface area contributed by atoms with Gasteiger partial charge in [0.1, 0.15) is 30.5 Å². The van der Waals surface area contributed by atoms with E-state index in [9.17, 15) is 24.3 Å². The molecule has 1 heterocycles. The molecule has 3 rings (SSSR count). The first-order valence-corrected chi connectivity index (χ1v) is 19.5. The molecule has 1 aromatic rings. The SMILES string of the molecule is CCCCCC1(CCCCC)O[C@@H]2[C@@H](C=C(C(=O)NCCC(=O)N[C@H](CO)CCC(=O)OC(C)(C)C)C[C@H]2OC(=O)c2ccc(C=COCCO)cc2)O1. The molecule has 0 aromatic heterocycles. The van der Waals surface area contributed by atoms with Crippen LogP contribution in [0, 0.1) is 0 Å². The number of aliphatic hydroxyl groups excluding tert-OH is 2. The van der Waals surface area contributed by atoms with Gasteiger partial charge < -0.3 is 44.5 Å². The molecule has 0 spiro atoms. The third-order valence-corrected chi connectivity index (χ3v) is 9.10. The molecular weight excluding hydrogens is 696 g/mol. The number of esters is 2. The van der Waals surface area contributed by atoms with Gasteiger partial charge in [-0.1, -0.05) is 51.7 Å². The van der Waals surface area contributed by atoms with Crippen molar-refractivity contribution in [2.45, 2.75) is 147 Å². The van der Waals surface area contributed by atoms with Gasteiger partial charge in [0.2, 0.25) is 11.8 Å². The van der Waals surface area contributed by atoms with Crippen molar-refractivity contribution in [3.05, 3.63) is 53.3 Å². The summed E-state index contributed by atoms with van der Waals surface area (Å²) < 4.78 is 29.9. The van der Waals surface area contributed by atoms with E-state index in [1.165, 1.54) is 6.26 Å². The zero-order valence-electron chi connectivity index (χ0n) is 32.7. The molecule has 4 N–H and O–H groups in total. The van der Waals surface area contributed by atoms with Gasteiger partial charge in [-0.2, -0.15) is 0 Å². The first-order chi connectivity index (χ1) is 25.8. The monoisotopic (exact) mass is 758 g/mol. The fourth-order valence-corrected chi connectivity index (χ4v) is 6.38. The molecule has 0 unspecified atom stereocenters. The van der Waals surface area contributed by atoms with Gasteiger partial charge in [0, 0.05) is 44.2 Å². The number of hydrogen-bond donors (Lipinski definition) is 4. The Bertz CT molecular complexity index is 1390. The van der Waals surface area contributed by atoms with Crippen molar-refractivity contribution < 1.29 is 53.1 Å². The van der Waals surface area contributed by atoms with E-state index in [4.69, 9.17) is 28.8 Å². The van der Waals surface area contributed by atoms with Crippen LogP contribution in [0.15, 0.2) is 42.2 Å². The molecule has 0 saturated carbocycles. The maximum Gasteiger partial charge on any atom is 0.338 e. The van der Waals surface area contributed by atoms with E-state index in [1.807, 2.05) is 0 Å². The summed E-state index contributed by atoms with van der Waals surface area (Å²) >= 11 is 0. The number of unbranched alkanes of at least 4 members (excludes halogenated alkanes) is 4. The van der Waals surface area contributed by atoms with Crippen molar-refractivity contribution >= 4 is 29.8 Å². The highest BCUT2D eigenvalue weighted by Gasteiger charge is 2.52. The number of aliphatic hydroxyl groups is 2. The smallest absolute Gasteiger partial charge is 0.338 e. The van der Waals surface area contributed by atoms with Gasteiger partial charge in [0.15, 0.2) is 5.79 Å². The van der Waals surface area contributed by atoms with Crippen molar-refractivity contribution in [2.75, 3.05) is 26.4 Å². The normalized spacial score (nSPS) is 19.8. The van der Waals surface area contributed by atoms with Crippen LogP contribution < -0.4 is 10.6 Å². The predicted octanol–water partition coefficient (Wildman–Crippen LogP) is 5.27. The van der Waals surface area contributed by atoms with Crippen LogP contribution in [0.5, 0.6) is 0 Å². The fourth-order valence-electron chi connectivity index (χ4n) is 6.38. The largest absolute Gasteiger partial charge is 0.499 e. The second-order valence-corrected chi connectivity index (χ2v) is 14.9. The maximum absolute atomic E-state index is 13.5. The lowest BCUT2D eigenvalue weighted by molar-refractivity contribution is -0.190. The molecule has 1 fully saturated rings. The number of benzene rings is 1. The van der Waals surface area contributed by atoms with Crippen LogP contribution in [0.3, 0.4) is 0 Å². The van der Waals surface area contributed by atoms with Gasteiger partial charge in [0.25, 0.3) is 0 Å². The minimum absolute atomic E-state index is 0.0198. The zero-order chi connectivity index (χ0) is 39.6. The quantitative estimate of drug-likeness (QED) is 0.0650. The number of nitrogens with one attached hydrogen (secondary N) is 2. The maximum atomic E-state index is 13.5.